The molecule has 3 aromatic carbocycles. The molecule has 0 unspecified atom stereocenters. The van der Waals surface area contributed by atoms with Crippen molar-refractivity contribution in [1.29, 1.82) is 0 Å². The first-order valence-electron chi connectivity index (χ1n) is 14.6. The molecule has 0 aliphatic heterocycles. The van der Waals surface area contributed by atoms with Gasteiger partial charge in [0, 0.05) is 28.7 Å². The van der Waals surface area contributed by atoms with Crippen molar-refractivity contribution in [2.45, 2.75) is 46.3 Å². The SMILES string of the molecule is Cc1cc(Cc2nc(SCCCS(=O)(=O)O)nc(SCCCS(=O)(=O)O)n2)ccc1N=Nc1cc(S(=O)(=O)O)c2cccc(S(=O)(=O)O)c2c1.O=S(=O)=O. The monoisotopic (exact) mass is 887 g/mol. The Balaban J connectivity index is 0.00000186. The van der Waals surface area contributed by atoms with Crippen molar-refractivity contribution in [3.8, 4) is 0 Å². The Hall–Kier alpha value is -3.51. The third-order valence-electron chi connectivity index (χ3n) is 6.55. The minimum atomic E-state index is -4.84. The van der Waals surface area contributed by atoms with Crippen molar-refractivity contribution in [2.24, 2.45) is 10.2 Å². The van der Waals surface area contributed by atoms with Crippen LogP contribution >= 0.6 is 23.5 Å². The first-order chi connectivity index (χ1) is 24.9. The fraction of sp³-hybridized carbons (Fsp3) is 0.296. The number of hydrogen-bond acceptors (Lipinski definition) is 18. The molecule has 0 amide bonds. The maximum absolute atomic E-state index is 12.1. The third-order valence-corrected chi connectivity index (χ3v) is 11.8. The minimum Gasteiger partial charge on any atom is -0.286 e. The van der Waals surface area contributed by atoms with Gasteiger partial charge in [0.05, 0.1) is 22.9 Å². The molecule has 0 bridgehead atoms. The van der Waals surface area contributed by atoms with Crippen LogP contribution in [0.3, 0.4) is 0 Å². The fourth-order valence-electron chi connectivity index (χ4n) is 4.43. The molecule has 0 spiro atoms. The van der Waals surface area contributed by atoms with Gasteiger partial charge in [-0.05, 0) is 55.2 Å². The molecule has 294 valence electrons. The molecular weight excluding hydrogens is 859 g/mol. The highest BCUT2D eigenvalue weighted by molar-refractivity contribution is 7.99. The zero-order chi connectivity index (χ0) is 40.5. The third kappa shape index (κ3) is 15.3. The number of aryl methyl sites for hydroxylation is 1. The number of aromatic nitrogens is 3. The molecule has 20 nitrogen and oxygen atoms in total. The summed E-state index contributed by atoms with van der Waals surface area (Å²) in [6, 6.07) is 10.8. The molecule has 54 heavy (non-hydrogen) atoms. The summed E-state index contributed by atoms with van der Waals surface area (Å²) in [4.78, 5) is 12.0. The van der Waals surface area contributed by atoms with Crippen LogP contribution in [0.4, 0.5) is 11.4 Å². The van der Waals surface area contributed by atoms with Crippen molar-refractivity contribution in [1.82, 2.24) is 15.0 Å². The fourth-order valence-corrected chi connectivity index (χ4v) is 8.88. The van der Waals surface area contributed by atoms with Gasteiger partial charge in [-0.15, -0.1) is 12.6 Å². The topological polar surface area (TPSA) is 332 Å². The zero-order valence-corrected chi connectivity index (χ0v) is 33.2. The second-order valence-corrected chi connectivity index (χ2v) is 19.2. The van der Waals surface area contributed by atoms with Gasteiger partial charge in [-0.25, -0.2) is 9.97 Å². The van der Waals surface area contributed by atoms with Crippen LogP contribution in [0.2, 0.25) is 0 Å². The Morgan fingerprint density at radius 2 is 1.20 bits per heavy atom. The minimum absolute atomic E-state index is 0.127. The largest absolute Gasteiger partial charge is 0.425 e. The van der Waals surface area contributed by atoms with Crippen LogP contribution in [0.1, 0.15) is 29.8 Å². The van der Waals surface area contributed by atoms with E-state index in [-0.39, 0.29) is 57.5 Å². The van der Waals surface area contributed by atoms with Crippen LogP contribution < -0.4 is 0 Å². The highest BCUT2D eigenvalue weighted by Crippen LogP contribution is 2.34. The van der Waals surface area contributed by atoms with Gasteiger partial charge in [-0.1, -0.05) is 47.8 Å². The van der Waals surface area contributed by atoms with Gasteiger partial charge in [-0.2, -0.15) is 48.9 Å². The molecule has 0 atom stereocenters. The summed E-state index contributed by atoms with van der Waals surface area (Å²) < 4.78 is 155. The zero-order valence-electron chi connectivity index (χ0n) is 27.4. The number of thioether (sulfide) groups is 2. The first-order valence-corrected chi connectivity index (χ1v) is 23.7. The lowest BCUT2D eigenvalue weighted by Crippen LogP contribution is -2.07. The van der Waals surface area contributed by atoms with Crippen molar-refractivity contribution >= 4 is 96.8 Å². The molecule has 4 rings (SSSR count). The number of rotatable bonds is 16. The smallest absolute Gasteiger partial charge is 0.286 e. The average molecular weight is 888 g/mol. The number of azo groups is 1. The van der Waals surface area contributed by atoms with Gasteiger partial charge in [0.2, 0.25) is 0 Å². The molecular formula is C27H29N5O15S7. The summed E-state index contributed by atoms with van der Waals surface area (Å²) in [6.07, 6.45) is 0.474. The predicted molar refractivity (Wildman–Crippen MR) is 195 cm³/mol. The standard InChI is InChI=1S/C27H29N5O12S6.O3S/c1-17-13-18(14-25-28-26(45-9-3-11-47(33,34)35)30-27(29-25)46-10-4-12-48(36,37)38)7-8-22(17)32-31-19-15-21-20(24(16-19)50(42,43)44)5-2-6-23(21)49(39,40)41;1-4(2)3/h2,5-8,13,15-16H,3-4,9-12,14H2,1H3,(H,33,34,35)(H,36,37,38)(H,39,40,41)(H,42,43,44);. The van der Waals surface area contributed by atoms with Gasteiger partial charge in [0.25, 0.3) is 40.5 Å². The van der Waals surface area contributed by atoms with Crippen molar-refractivity contribution in [2.75, 3.05) is 23.0 Å². The Bertz CT molecular complexity index is 2560. The van der Waals surface area contributed by atoms with E-state index in [0.29, 0.717) is 17.1 Å². The molecule has 0 fully saturated rings. The second-order valence-electron chi connectivity index (χ2n) is 10.7. The van der Waals surface area contributed by atoms with Crippen LogP contribution in [0.5, 0.6) is 0 Å². The van der Waals surface area contributed by atoms with Crippen LogP contribution in [-0.2, 0) is 57.5 Å². The van der Waals surface area contributed by atoms with Crippen LogP contribution in [0.15, 0.2) is 78.9 Å². The van der Waals surface area contributed by atoms with E-state index in [4.69, 9.17) is 21.7 Å². The Morgan fingerprint density at radius 3 is 1.69 bits per heavy atom. The van der Waals surface area contributed by atoms with E-state index in [1.165, 1.54) is 18.2 Å². The number of benzene rings is 3. The average Bonchev–Trinajstić information content (AvgIpc) is 3.02. The summed E-state index contributed by atoms with van der Waals surface area (Å²) in [6.45, 7) is 1.72. The van der Waals surface area contributed by atoms with Gasteiger partial charge < -0.3 is 0 Å². The van der Waals surface area contributed by atoms with E-state index in [1.54, 1.807) is 25.1 Å². The van der Waals surface area contributed by atoms with Gasteiger partial charge in [0.1, 0.15) is 15.6 Å². The lowest BCUT2D eigenvalue weighted by Gasteiger charge is -2.09. The summed E-state index contributed by atoms with van der Waals surface area (Å²) in [5.41, 5.74) is 1.58. The van der Waals surface area contributed by atoms with E-state index in [2.05, 4.69) is 25.2 Å². The Kier molecular flexibility index (Phi) is 15.7. The van der Waals surface area contributed by atoms with Crippen molar-refractivity contribution in [3.05, 3.63) is 65.5 Å². The summed E-state index contributed by atoms with van der Waals surface area (Å²) in [5, 5.41) is 8.42. The van der Waals surface area contributed by atoms with Crippen LogP contribution in [0, 0.1) is 6.92 Å². The highest BCUT2D eigenvalue weighted by Gasteiger charge is 2.21. The van der Waals surface area contributed by atoms with Crippen LogP contribution in [0.25, 0.3) is 10.8 Å². The summed E-state index contributed by atoms with van der Waals surface area (Å²) in [7, 11) is -21.0. The van der Waals surface area contributed by atoms with E-state index in [0.717, 1.165) is 41.2 Å². The lowest BCUT2D eigenvalue weighted by molar-refractivity contribution is 0.480. The van der Waals surface area contributed by atoms with Gasteiger partial charge in [0.15, 0.2) is 10.3 Å². The number of hydrogen-bond donors (Lipinski definition) is 4. The normalized spacial score (nSPS) is 12.5. The molecule has 0 radical (unpaired) electrons. The van der Waals surface area contributed by atoms with Gasteiger partial charge >= 0.3 is 10.6 Å². The number of fused-ring (bicyclic) bond motifs is 1. The van der Waals surface area contributed by atoms with Gasteiger partial charge in [-0.3, -0.25) is 18.2 Å². The van der Waals surface area contributed by atoms with E-state index < -0.39 is 72.4 Å². The van der Waals surface area contributed by atoms with E-state index >= 15 is 0 Å². The molecule has 4 aromatic rings. The molecule has 27 heteroatoms. The Labute approximate surface area is 319 Å². The quantitative estimate of drug-likeness (QED) is 0.0540. The van der Waals surface area contributed by atoms with Crippen LogP contribution in [-0.4, -0.2) is 102 Å². The Morgan fingerprint density at radius 1 is 0.667 bits per heavy atom. The summed E-state index contributed by atoms with van der Waals surface area (Å²) >= 11 is 2.29. The lowest BCUT2D eigenvalue weighted by atomic mass is 10.1. The predicted octanol–water partition coefficient (Wildman–Crippen LogP) is 3.57. The van der Waals surface area contributed by atoms with E-state index in [1.807, 2.05) is 0 Å². The first kappa shape index (κ1) is 44.9. The van der Waals surface area contributed by atoms with Crippen molar-refractivity contribution in [3.63, 3.8) is 0 Å². The maximum atomic E-state index is 12.1. The molecule has 1 aromatic heterocycles. The number of nitrogens with zero attached hydrogens (tertiary/aromatic N) is 5. The summed E-state index contributed by atoms with van der Waals surface area (Å²) in [5.74, 6) is 0.00893. The maximum Gasteiger partial charge on any atom is 0.425 e. The molecule has 1 heterocycles. The molecule has 0 aliphatic carbocycles. The molecule has 0 aliphatic rings. The van der Waals surface area contributed by atoms with E-state index in [9.17, 15) is 42.8 Å². The molecule has 0 saturated carbocycles. The van der Waals surface area contributed by atoms with Crippen molar-refractivity contribution < 1.29 is 64.5 Å². The molecule has 4 N–H and O–H groups in total. The highest BCUT2D eigenvalue weighted by atomic mass is 32.2. The molecule has 0 saturated heterocycles. The second kappa shape index (κ2) is 18.9.